The Kier molecular flexibility index (Phi) is 4.08. The molecule has 0 saturated carbocycles. The van der Waals surface area contributed by atoms with Crippen LogP contribution in [0.3, 0.4) is 0 Å². The maximum atomic E-state index is 11.0. The highest BCUT2D eigenvalue weighted by atomic mass is 16.6. The van der Waals surface area contributed by atoms with Crippen molar-refractivity contribution in [2.75, 3.05) is 7.05 Å². The highest BCUT2D eigenvalue weighted by Gasteiger charge is 2.11. The number of aliphatic hydroxyl groups is 2. The highest BCUT2D eigenvalue weighted by molar-refractivity contribution is 5.71. The molecule has 0 fully saturated rings. The van der Waals surface area contributed by atoms with Crippen molar-refractivity contribution < 1.29 is 19.7 Å². The molecule has 1 aromatic rings. The van der Waals surface area contributed by atoms with Gasteiger partial charge in [0.25, 0.3) is 0 Å². The molecule has 15 heavy (non-hydrogen) atoms. The third-order valence-electron chi connectivity index (χ3n) is 1.92. The van der Waals surface area contributed by atoms with Crippen molar-refractivity contribution in [2.45, 2.75) is 13.2 Å². The summed E-state index contributed by atoms with van der Waals surface area (Å²) in [7, 11) is 1.43. The summed E-state index contributed by atoms with van der Waals surface area (Å²) in [5, 5.41) is 20.4. The van der Waals surface area contributed by atoms with E-state index in [9.17, 15) is 4.79 Å². The third kappa shape index (κ3) is 2.68. The SMILES string of the molecule is CNC(=O)Oc1c(CO)cccc1CO. The Morgan fingerprint density at radius 2 is 1.87 bits per heavy atom. The van der Waals surface area contributed by atoms with E-state index in [1.165, 1.54) is 7.05 Å². The van der Waals surface area contributed by atoms with Gasteiger partial charge in [0.05, 0.1) is 13.2 Å². The van der Waals surface area contributed by atoms with Crippen molar-refractivity contribution in [3.63, 3.8) is 0 Å². The van der Waals surface area contributed by atoms with Gasteiger partial charge in [-0.05, 0) is 0 Å². The Hall–Kier alpha value is -1.59. The van der Waals surface area contributed by atoms with Crippen LogP contribution in [0.1, 0.15) is 11.1 Å². The molecule has 0 atom stereocenters. The van der Waals surface area contributed by atoms with E-state index < -0.39 is 6.09 Å². The molecule has 1 rings (SSSR count). The van der Waals surface area contributed by atoms with E-state index in [0.717, 1.165) is 0 Å². The van der Waals surface area contributed by atoms with Crippen molar-refractivity contribution in [1.29, 1.82) is 0 Å². The Labute approximate surface area is 87.3 Å². The van der Waals surface area contributed by atoms with Gasteiger partial charge in [0.2, 0.25) is 0 Å². The molecular formula is C10H13NO4. The standard InChI is InChI=1S/C10H13NO4/c1-11-10(14)15-9-7(5-12)3-2-4-8(9)6-13/h2-4,12-13H,5-6H2,1H3,(H,11,14). The minimum absolute atomic E-state index is 0.210. The minimum Gasteiger partial charge on any atom is -0.410 e. The number of carbonyl (C=O) groups excluding carboxylic acids is 1. The number of amides is 1. The molecule has 5 nitrogen and oxygen atoms in total. The van der Waals surface area contributed by atoms with Gasteiger partial charge in [-0.1, -0.05) is 18.2 Å². The van der Waals surface area contributed by atoms with E-state index in [4.69, 9.17) is 14.9 Å². The van der Waals surface area contributed by atoms with Gasteiger partial charge in [0.15, 0.2) is 0 Å². The number of hydrogen-bond donors (Lipinski definition) is 3. The Bertz CT molecular complexity index is 329. The smallest absolute Gasteiger partial charge is 0.410 e. The first-order valence-electron chi connectivity index (χ1n) is 4.45. The number of carbonyl (C=O) groups is 1. The van der Waals surface area contributed by atoms with E-state index in [1.54, 1.807) is 18.2 Å². The number of ether oxygens (including phenoxy) is 1. The van der Waals surface area contributed by atoms with E-state index >= 15 is 0 Å². The fourth-order valence-electron chi connectivity index (χ4n) is 1.16. The van der Waals surface area contributed by atoms with Gasteiger partial charge < -0.3 is 20.3 Å². The zero-order chi connectivity index (χ0) is 11.3. The van der Waals surface area contributed by atoms with Crippen molar-refractivity contribution in [3.8, 4) is 5.75 Å². The van der Waals surface area contributed by atoms with E-state index in [1.807, 2.05) is 0 Å². The van der Waals surface area contributed by atoms with Crippen LogP contribution in [0.5, 0.6) is 5.75 Å². The lowest BCUT2D eigenvalue weighted by atomic mass is 10.1. The molecule has 1 amide bonds. The lowest BCUT2D eigenvalue weighted by Gasteiger charge is -2.11. The molecule has 0 radical (unpaired) electrons. The molecule has 3 N–H and O–H groups in total. The normalized spacial score (nSPS) is 9.80. The quantitative estimate of drug-likeness (QED) is 0.675. The fraction of sp³-hybridized carbons (Fsp3) is 0.300. The molecule has 0 heterocycles. The molecule has 82 valence electrons. The molecule has 1 aromatic carbocycles. The fourth-order valence-corrected chi connectivity index (χ4v) is 1.16. The minimum atomic E-state index is -0.634. The van der Waals surface area contributed by atoms with Crippen LogP contribution in [0.4, 0.5) is 4.79 Å². The molecule has 0 aliphatic heterocycles. The summed E-state index contributed by atoms with van der Waals surface area (Å²) >= 11 is 0. The van der Waals surface area contributed by atoms with Gasteiger partial charge >= 0.3 is 6.09 Å². The topological polar surface area (TPSA) is 78.8 Å². The van der Waals surface area contributed by atoms with Gasteiger partial charge in [-0.15, -0.1) is 0 Å². The second-order valence-corrected chi connectivity index (χ2v) is 2.86. The summed E-state index contributed by atoms with van der Waals surface area (Å²) in [5.74, 6) is 0.210. The van der Waals surface area contributed by atoms with Crippen LogP contribution in [0.15, 0.2) is 18.2 Å². The lowest BCUT2D eigenvalue weighted by molar-refractivity contribution is 0.198. The number of rotatable bonds is 3. The van der Waals surface area contributed by atoms with Crippen LogP contribution in [0, 0.1) is 0 Å². The summed E-state index contributed by atoms with van der Waals surface area (Å²) < 4.78 is 4.94. The van der Waals surface area contributed by atoms with Crippen molar-refractivity contribution >= 4 is 6.09 Å². The Balaban J connectivity index is 3.05. The largest absolute Gasteiger partial charge is 0.412 e. The molecule has 0 saturated heterocycles. The van der Waals surface area contributed by atoms with Crippen LogP contribution in [0.25, 0.3) is 0 Å². The van der Waals surface area contributed by atoms with Gasteiger partial charge in [0, 0.05) is 18.2 Å². The molecule has 0 aromatic heterocycles. The number of nitrogens with one attached hydrogen (secondary N) is 1. The van der Waals surface area contributed by atoms with Crippen LogP contribution in [-0.4, -0.2) is 23.4 Å². The Morgan fingerprint density at radius 1 is 1.33 bits per heavy atom. The summed E-state index contributed by atoms with van der Waals surface area (Å²) in [6.07, 6.45) is -0.634. The average Bonchev–Trinajstić information content (AvgIpc) is 2.29. The summed E-state index contributed by atoms with van der Waals surface area (Å²) in [6, 6.07) is 4.92. The first-order valence-corrected chi connectivity index (χ1v) is 4.45. The predicted octanol–water partition coefficient (Wildman–Crippen LogP) is 0.389. The van der Waals surface area contributed by atoms with Crippen LogP contribution in [-0.2, 0) is 13.2 Å². The van der Waals surface area contributed by atoms with Gasteiger partial charge in [-0.25, -0.2) is 4.79 Å². The third-order valence-corrected chi connectivity index (χ3v) is 1.92. The van der Waals surface area contributed by atoms with Crippen molar-refractivity contribution in [1.82, 2.24) is 5.32 Å². The predicted molar refractivity (Wildman–Crippen MR) is 53.4 cm³/mol. The van der Waals surface area contributed by atoms with Gasteiger partial charge in [-0.3, -0.25) is 0 Å². The van der Waals surface area contributed by atoms with Crippen molar-refractivity contribution in [2.24, 2.45) is 0 Å². The zero-order valence-corrected chi connectivity index (χ0v) is 8.36. The number of aliphatic hydroxyl groups excluding tert-OH is 2. The van der Waals surface area contributed by atoms with Gasteiger partial charge in [-0.2, -0.15) is 0 Å². The summed E-state index contributed by atoms with van der Waals surface area (Å²) in [4.78, 5) is 11.0. The molecule has 0 aliphatic carbocycles. The van der Waals surface area contributed by atoms with Gasteiger partial charge in [0.1, 0.15) is 5.75 Å². The maximum absolute atomic E-state index is 11.0. The molecule has 0 spiro atoms. The number of para-hydroxylation sites is 1. The Morgan fingerprint density at radius 3 is 2.27 bits per heavy atom. The maximum Gasteiger partial charge on any atom is 0.412 e. The van der Waals surface area contributed by atoms with E-state index in [0.29, 0.717) is 11.1 Å². The second-order valence-electron chi connectivity index (χ2n) is 2.86. The summed E-state index contributed by atoms with van der Waals surface area (Å²) in [6.45, 7) is -0.500. The molecule has 0 bridgehead atoms. The van der Waals surface area contributed by atoms with Crippen LogP contribution >= 0.6 is 0 Å². The molecule has 0 aliphatic rings. The number of benzene rings is 1. The molecule has 5 heteroatoms. The highest BCUT2D eigenvalue weighted by Crippen LogP contribution is 2.24. The first kappa shape index (κ1) is 11.5. The lowest BCUT2D eigenvalue weighted by Crippen LogP contribution is -2.23. The van der Waals surface area contributed by atoms with Crippen LogP contribution in [0.2, 0.25) is 0 Å². The first-order chi connectivity index (χ1) is 7.22. The summed E-state index contributed by atoms with van der Waals surface area (Å²) in [5.41, 5.74) is 0.926. The molecular weight excluding hydrogens is 198 g/mol. The van der Waals surface area contributed by atoms with Crippen LogP contribution < -0.4 is 10.1 Å². The second kappa shape index (κ2) is 5.33. The number of hydrogen-bond acceptors (Lipinski definition) is 4. The molecule has 0 unspecified atom stereocenters. The van der Waals surface area contributed by atoms with Crippen molar-refractivity contribution in [3.05, 3.63) is 29.3 Å². The van der Waals surface area contributed by atoms with E-state index in [-0.39, 0.29) is 19.0 Å². The van der Waals surface area contributed by atoms with E-state index in [2.05, 4.69) is 5.32 Å². The zero-order valence-electron chi connectivity index (χ0n) is 8.36. The monoisotopic (exact) mass is 211 g/mol. The average molecular weight is 211 g/mol.